The van der Waals surface area contributed by atoms with Gasteiger partial charge in [0.2, 0.25) is 0 Å². The smallest absolute Gasteiger partial charge is 0.265 e. The van der Waals surface area contributed by atoms with Gasteiger partial charge in [0.25, 0.3) is 5.91 Å². The molecule has 0 unspecified atom stereocenters. The molecule has 0 aromatic heterocycles. The standard InChI is InChI=1S/C16H11ClFNO3/c17-12-2-1-3-13(18)11(12)7-19-14-6-10(8-20)4-5-15(14)22-9-16(19)21/h1-6,8H,7,9H2. The maximum atomic E-state index is 13.9. The fourth-order valence-electron chi connectivity index (χ4n) is 2.31. The van der Waals surface area contributed by atoms with Gasteiger partial charge in [-0.25, -0.2) is 4.39 Å². The lowest BCUT2D eigenvalue weighted by Crippen LogP contribution is -2.38. The second kappa shape index (κ2) is 5.77. The molecule has 1 heterocycles. The van der Waals surface area contributed by atoms with Gasteiger partial charge in [-0.2, -0.15) is 0 Å². The van der Waals surface area contributed by atoms with Gasteiger partial charge in [0.05, 0.1) is 12.2 Å². The Morgan fingerprint density at radius 2 is 2.14 bits per heavy atom. The van der Waals surface area contributed by atoms with E-state index in [4.69, 9.17) is 16.3 Å². The minimum atomic E-state index is -0.486. The van der Waals surface area contributed by atoms with E-state index in [1.54, 1.807) is 18.2 Å². The van der Waals surface area contributed by atoms with Crippen LogP contribution in [0.25, 0.3) is 0 Å². The number of carbonyl (C=O) groups excluding carboxylic acids is 2. The minimum Gasteiger partial charge on any atom is -0.482 e. The molecule has 1 aliphatic rings. The van der Waals surface area contributed by atoms with Crippen LogP contribution in [-0.4, -0.2) is 18.8 Å². The van der Waals surface area contributed by atoms with Crippen molar-refractivity contribution in [2.45, 2.75) is 6.54 Å². The van der Waals surface area contributed by atoms with Gasteiger partial charge in [0.15, 0.2) is 6.61 Å². The van der Waals surface area contributed by atoms with E-state index in [2.05, 4.69) is 0 Å². The molecular weight excluding hydrogens is 309 g/mol. The monoisotopic (exact) mass is 319 g/mol. The van der Waals surface area contributed by atoms with Crippen molar-refractivity contribution in [3.8, 4) is 5.75 Å². The second-order valence-corrected chi connectivity index (χ2v) is 5.22. The highest BCUT2D eigenvalue weighted by Crippen LogP contribution is 2.34. The van der Waals surface area contributed by atoms with E-state index in [9.17, 15) is 14.0 Å². The van der Waals surface area contributed by atoms with E-state index in [0.717, 1.165) is 0 Å². The molecule has 0 N–H and O–H groups in total. The third kappa shape index (κ3) is 2.55. The number of anilines is 1. The maximum Gasteiger partial charge on any atom is 0.265 e. The Bertz CT molecular complexity index is 743. The van der Waals surface area contributed by atoms with Crippen LogP contribution in [0.2, 0.25) is 5.02 Å². The first kappa shape index (κ1) is 14.5. The number of ether oxygens (including phenoxy) is 1. The molecule has 1 amide bonds. The zero-order valence-corrected chi connectivity index (χ0v) is 12.1. The van der Waals surface area contributed by atoms with E-state index < -0.39 is 5.82 Å². The van der Waals surface area contributed by atoms with Crippen molar-refractivity contribution in [3.05, 3.63) is 58.4 Å². The van der Waals surface area contributed by atoms with Gasteiger partial charge in [-0.3, -0.25) is 9.59 Å². The Hall–Kier alpha value is -2.40. The van der Waals surface area contributed by atoms with Crippen molar-refractivity contribution in [2.75, 3.05) is 11.5 Å². The lowest BCUT2D eigenvalue weighted by Gasteiger charge is -2.30. The largest absolute Gasteiger partial charge is 0.482 e. The van der Waals surface area contributed by atoms with Gasteiger partial charge in [0.1, 0.15) is 17.9 Å². The molecule has 3 rings (SSSR count). The van der Waals surface area contributed by atoms with Crippen molar-refractivity contribution in [3.63, 3.8) is 0 Å². The highest BCUT2D eigenvalue weighted by molar-refractivity contribution is 6.31. The first-order valence-electron chi connectivity index (χ1n) is 6.55. The molecule has 0 bridgehead atoms. The first-order valence-corrected chi connectivity index (χ1v) is 6.93. The van der Waals surface area contributed by atoms with Crippen LogP contribution in [0.1, 0.15) is 15.9 Å². The van der Waals surface area contributed by atoms with Crippen LogP contribution in [0.3, 0.4) is 0 Å². The third-order valence-corrected chi connectivity index (χ3v) is 3.79. The molecule has 112 valence electrons. The third-order valence-electron chi connectivity index (χ3n) is 3.44. The number of aldehydes is 1. The molecule has 6 heteroatoms. The number of benzene rings is 2. The van der Waals surface area contributed by atoms with E-state index in [0.29, 0.717) is 23.3 Å². The van der Waals surface area contributed by atoms with Crippen LogP contribution in [0.4, 0.5) is 10.1 Å². The predicted octanol–water partition coefficient (Wildman–Crippen LogP) is 3.22. The number of amides is 1. The molecule has 22 heavy (non-hydrogen) atoms. The quantitative estimate of drug-likeness (QED) is 0.816. The normalized spacial score (nSPS) is 13.5. The second-order valence-electron chi connectivity index (χ2n) is 4.81. The zero-order chi connectivity index (χ0) is 15.7. The topological polar surface area (TPSA) is 46.6 Å². The van der Waals surface area contributed by atoms with Crippen LogP contribution < -0.4 is 9.64 Å². The number of halogens is 2. The summed E-state index contributed by atoms with van der Waals surface area (Å²) in [6.45, 7) is -0.164. The van der Waals surface area contributed by atoms with Gasteiger partial charge in [-0.1, -0.05) is 17.7 Å². The lowest BCUT2D eigenvalue weighted by molar-refractivity contribution is -0.121. The minimum absolute atomic E-state index is 0.0248. The summed E-state index contributed by atoms with van der Waals surface area (Å²) < 4.78 is 19.3. The Morgan fingerprint density at radius 3 is 2.86 bits per heavy atom. The van der Waals surface area contributed by atoms with E-state index >= 15 is 0 Å². The molecule has 2 aromatic carbocycles. The summed E-state index contributed by atoms with van der Waals surface area (Å²) in [5, 5.41) is 0.243. The van der Waals surface area contributed by atoms with Crippen molar-refractivity contribution in [1.82, 2.24) is 0 Å². The van der Waals surface area contributed by atoms with Crippen molar-refractivity contribution >= 4 is 29.5 Å². The predicted molar refractivity (Wildman–Crippen MR) is 79.9 cm³/mol. The SMILES string of the molecule is O=Cc1ccc2c(c1)N(Cc1c(F)cccc1Cl)C(=O)CO2. The van der Waals surface area contributed by atoms with Crippen molar-refractivity contribution < 1.29 is 18.7 Å². The molecule has 0 spiro atoms. The molecule has 0 saturated carbocycles. The zero-order valence-electron chi connectivity index (χ0n) is 11.4. The number of carbonyl (C=O) groups is 2. The van der Waals surface area contributed by atoms with Gasteiger partial charge in [0, 0.05) is 16.1 Å². The van der Waals surface area contributed by atoms with Crippen LogP contribution in [0, 0.1) is 5.82 Å². The molecule has 2 aromatic rings. The molecule has 0 atom stereocenters. The Balaban J connectivity index is 2.04. The van der Waals surface area contributed by atoms with E-state index in [1.165, 1.54) is 23.1 Å². The van der Waals surface area contributed by atoms with Crippen LogP contribution >= 0.6 is 11.6 Å². The van der Waals surface area contributed by atoms with Gasteiger partial charge in [-0.05, 0) is 30.3 Å². The molecular formula is C16H11ClFNO3. The number of hydrogen-bond donors (Lipinski definition) is 0. The first-order chi connectivity index (χ1) is 10.6. The van der Waals surface area contributed by atoms with E-state index in [-0.39, 0.29) is 29.6 Å². The molecule has 0 saturated heterocycles. The fourth-order valence-corrected chi connectivity index (χ4v) is 2.53. The molecule has 1 aliphatic heterocycles. The molecule has 0 aliphatic carbocycles. The number of hydrogen-bond acceptors (Lipinski definition) is 3. The summed E-state index contributed by atoms with van der Waals surface area (Å²) in [6.07, 6.45) is 0.674. The molecule has 0 radical (unpaired) electrons. The van der Waals surface area contributed by atoms with E-state index in [1.807, 2.05) is 0 Å². The Kier molecular flexibility index (Phi) is 3.81. The molecule has 4 nitrogen and oxygen atoms in total. The average molecular weight is 320 g/mol. The maximum absolute atomic E-state index is 13.9. The summed E-state index contributed by atoms with van der Waals surface area (Å²) in [7, 11) is 0. The Morgan fingerprint density at radius 1 is 1.32 bits per heavy atom. The fraction of sp³-hybridized carbons (Fsp3) is 0.125. The number of fused-ring (bicyclic) bond motifs is 1. The lowest BCUT2D eigenvalue weighted by atomic mass is 10.1. The van der Waals surface area contributed by atoms with Crippen LogP contribution in [0.5, 0.6) is 5.75 Å². The number of nitrogens with zero attached hydrogens (tertiary/aromatic N) is 1. The van der Waals surface area contributed by atoms with Crippen LogP contribution in [-0.2, 0) is 11.3 Å². The average Bonchev–Trinajstić information content (AvgIpc) is 2.52. The highest BCUT2D eigenvalue weighted by Gasteiger charge is 2.27. The molecule has 0 fully saturated rings. The van der Waals surface area contributed by atoms with Crippen LogP contribution in [0.15, 0.2) is 36.4 Å². The van der Waals surface area contributed by atoms with Crippen molar-refractivity contribution in [2.24, 2.45) is 0 Å². The Labute approximate surface area is 131 Å². The summed E-state index contributed by atoms with van der Waals surface area (Å²) in [5.74, 6) is -0.340. The highest BCUT2D eigenvalue weighted by atomic mass is 35.5. The summed E-state index contributed by atoms with van der Waals surface area (Å²) in [6, 6.07) is 9.09. The summed E-state index contributed by atoms with van der Waals surface area (Å²) >= 11 is 6.02. The van der Waals surface area contributed by atoms with Gasteiger partial charge in [-0.15, -0.1) is 0 Å². The van der Waals surface area contributed by atoms with Gasteiger partial charge >= 0.3 is 0 Å². The summed E-state index contributed by atoms with van der Waals surface area (Å²) in [4.78, 5) is 24.4. The summed E-state index contributed by atoms with van der Waals surface area (Å²) in [5.41, 5.74) is 1.06. The van der Waals surface area contributed by atoms with Gasteiger partial charge < -0.3 is 9.64 Å². The van der Waals surface area contributed by atoms with Crippen molar-refractivity contribution in [1.29, 1.82) is 0 Å². The number of rotatable bonds is 3.